The summed E-state index contributed by atoms with van der Waals surface area (Å²) in [5, 5.41) is 8.98. The molecule has 14 heavy (non-hydrogen) atoms. The van der Waals surface area contributed by atoms with E-state index in [0.29, 0.717) is 0 Å². The molecule has 76 valence electrons. The zero-order valence-electron chi connectivity index (χ0n) is 8.16. The smallest absolute Gasteiger partial charge is 0.0625 e. The third-order valence-electron chi connectivity index (χ3n) is 2.96. The molecule has 1 aliphatic rings. The summed E-state index contributed by atoms with van der Waals surface area (Å²) in [5.41, 5.74) is 16.0. The lowest BCUT2D eigenvalue weighted by molar-refractivity contribution is 0.268. The Kier molecular flexibility index (Phi) is 2.44. The van der Waals surface area contributed by atoms with Gasteiger partial charge in [-0.3, -0.25) is 0 Å². The summed E-state index contributed by atoms with van der Waals surface area (Å²) in [6.45, 7) is -0.0526. The summed E-state index contributed by atoms with van der Waals surface area (Å²) in [6.07, 6.45) is 3.35. The van der Waals surface area contributed by atoms with Gasteiger partial charge in [0.15, 0.2) is 0 Å². The Morgan fingerprint density at radius 1 is 1.36 bits per heavy atom. The molecule has 0 fully saturated rings. The number of aliphatic hydroxyl groups is 1. The number of benzene rings is 1. The van der Waals surface area contributed by atoms with Crippen LogP contribution in [0.4, 0.5) is 5.69 Å². The summed E-state index contributed by atoms with van der Waals surface area (Å²) in [4.78, 5) is 0. The first-order valence-corrected chi connectivity index (χ1v) is 5.00. The van der Waals surface area contributed by atoms with Crippen molar-refractivity contribution in [3.63, 3.8) is 0 Å². The molecule has 5 N–H and O–H groups in total. The van der Waals surface area contributed by atoms with E-state index in [2.05, 4.69) is 6.07 Å². The minimum atomic E-state index is -0.346. The number of aryl methyl sites for hydroxylation is 1. The molecular weight excluding hydrogens is 176 g/mol. The Hall–Kier alpha value is -1.06. The highest BCUT2D eigenvalue weighted by Gasteiger charge is 2.18. The molecule has 1 atom stereocenters. The molecule has 0 spiro atoms. The molecule has 0 radical (unpaired) electrons. The Labute approximate surface area is 83.7 Å². The third kappa shape index (κ3) is 1.38. The van der Waals surface area contributed by atoms with E-state index in [0.717, 1.165) is 24.1 Å². The molecule has 1 aromatic rings. The van der Waals surface area contributed by atoms with Gasteiger partial charge in [0.05, 0.1) is 12.6 Å². The van der Waals surface area contributed by atoms with Gasteiger partial charge in [-0.1, -0.05) is 12.1 Å². The average Bonchev–Trinajstić information content (AvgIpc) is 2.66. The quantitative estimate of drug-likeness (QED) is 0.605. The van der Waals surface area contributed by atoms with E-state index >= 15 is 0 Å². The molecular formula is C11H16N2O. The maximum Gasteiger partial charge on any atom is 0.0625 e. The zero-order chi connectivity index (χ0) is 10.1. The van der Waals surface area contributed by atoms with Gasteiger partial charge in [0.2, 0.25) is 0 Å². The predicted molar refractivity (Wildman–Crippen MR) is 56.9 cm³/mol. The minimum Gasteiger partial charge on any atom is -0.398 e. The molecule has 0 heterocycles. The molecule has 0 saturated heterocycles. The molecule has 3 heteroatoms. The van der Waals surface area contributed by atoms with Crippen molar-refractivity contribution >= 4 is 5.69 Å². The van der Waals surface area contributed by atoms with Gasteiger partial charge < -0.3 is 16.6 Å². The van der Waals surface area contributed by atoms with Crippen molar-refractivity contribution in [3.05, 3.63) is 28.8 Å². The summed E-state index contributed by atoms with van der Waals surface area (Å²) >= 11 is 0. The molecule has 2 rings (SSSR count). The highest BCUT2D eigenvalue weighted by atomic mass is 16.3. The van der Waals surface area contributed by atoms with Gasteiger partial charge in [-0.2, -0.15) is 0 Å². The van der Waals surface area contributed by atoms with E-state index in [-0.39, 0.29) is 12.6 Å². The van der Waals surface area contributed by atoms with Crippen molar-refractivity contribution in [2.45, 2.75) is 25.3 Å². The number of nitrogen functional groups attached to an aromatic ring is 1. The van der Waals surface area contributed by atoms with E-state index in [1.165, 1.54) is 17.5 Å². The van der Waals surface area contributed by atoms with E-state index in [9.17, 15) is 0 Å². The summed E-state index contributed by atoms with van der Waals surface area (Å²) in [5.74, 6) is 0. The largest absolute Gasteiger partial charge is 0.398 e. The van der Waals surface area contributed by atoms with Crippen LogP contribution < -0.4 is 11.5 Å². The van der Waals surface area contributed by atoms with Crippen LogP contribution in [0.3, 0.4) is 0 Å². The zero-order valence-corrected chi connectivity index (χ0v) is 8.16. The maximum absolute atomic E-state index is 8.98. The summed E-state index contributed by atoms with van der Waals surface area (Å²) < 4.78 is 0. The fraction of sp³-hybridized carbons (Fsp3) is 0.455. The number of hydrogen-bond acceptors (Lipinski definition) is 3. The van der Waals surface area contributed by atoms with Gasteiger partial charge in [0.1, 0.15) is 0 Å². The first kappa shape index (κ1) is 9.49. The molecule has 0 aromatic heterocycles. The lowest BCUT2D eigenvalue weighted by Gasteiger charge is -2.14. The first-order chi connectivity index (χ1) is 6.74. The number of anilines is 1. The highest BCUT2D eigenvalue weighted by molar-refractivity contribution is 5.59. The van der Waals surface area contributed by atoms with Gasteiger partial charge in [0, 0.05) is 5.69 Å². The SMILES string of the molecule is Nc1c([C@@H](N)CO)ccc2c1CCC2. The van der Waals surface area contributed by atoms with Crippen LogP contribution in [0.15, 0.2) is 12.1 Å². The van der Waals surface area contributed by atoms with Crippen LogP contribution in [0.25, 0.3) is 0 Å². The second-order valence-electron chi connectivity index (χ2n) is 3.85. The molecule has 0 amide bonds. The van der Waals surface area contributed by atoms with Crippen LogP contribution in [-0.2, 0) is 12.8 Å². The number of rotatable bonds is 2. The Bertz CT molecular complexity index is 349. The third-order valence-corrected chi connectivity index (χ3v) is 2.96. The standard InChI is InChI=1S/C11H16N2O/c12-10(6-14)9-5-4-7-2-1-3-8(7)11(9)13/h4-5,10,14H,1-3,6,12-13H2/t10-/m0/s1. The van der Waals surface area contributed by atoms with Crippen LogP contribution in [0.2, 0.25) is 0 Å². The summed E-state index contributed by atoms with van der Waals surface area (Å²) in [7, 11) is 0. The van der Waals surface area contributed by atoms with Crippen molar-refractivity contribution < 1.29 is 5.11 Å². The maximum atomic E-state index is 8.98. The second kappa shape index (κ2) is 3.59. The average molecular weight is 192 g/mol. The number of nitrogens with two attached hydrogens (primary N) is 2. The Balaban J connectivity index is 2.44. The molecule has 0 saturated carbocycles. The van der Waals surface area contributed by atoms with Crippen LogP contribution in [0, 0.1) is 0 Å². The fourth-order valence-corrected chi connectivity index (χ4v) is 2.13. The van der Waals surface area contributed by atoms with E-state index in [4.69, 9.17) is 16.6 Å². The Morgan fingerprint density at radius 3 is 2.86 bits per heavy atom. The van der Waals surface area contributed by atoms with Crippen LogP contribution in [-0.4, -0.2) is 11.7 Å². The minimum absolute atomic E-state index is 0.0526. The number of hydrogen-bond donors (Lipinski definition) is 3. The van der Waals surface area contributed by atoms with Gasteiger partial charge in [0.25, 0.3) is 0 Å². The molecule has 1 aliphatic carbocycles. The second-order valence-corrected chi connectivity index (χ2v) is 3.85. The Morgan fingerprint density at radius 2 is 2.14 bits per heavy atom. The molecule has 1 aromatic carbocycles. The van der Waals surface area contributed by atoms with Crippen LogP contribution in [0.5, 0.6) is 0 Å². The van der Waals surface area contributed by atoms with E-state index in [1.807, 2.05) is 6.07 Å². The van der Waals surface area contributed by atoms with E-state index in [1.54, 1.807) is 0 Å². The monoisotopic (exact) mass is 192 g/mol. The van der Waals surface area contributed by atoms with Crippen molar-refractivity contribution in [2.75, 3.05) is 12.3 Å². The lowest BCUT2D eigenvalue weighted by atomic mass is 9.99. The molecule has 0 bridgehead atoms. The van der Waals surface area contributed by atoms with Crippen molar-refractivity contribution in [2.24, 2.45) is 5.73 Å². The van der Waals surface area contributed by atoms with Crippen LogP contribution >= 0.6 is 0 Å². The van der Waals surface area contributed by atoms with Crippen molar-refractivity contribution in [1.82, 2.24) is 0 Å². The molecule has 3 nitrogen and oxygen atoms in total. The predicted octanol–water partition coefficient (Wildman–Crippen LogP) is 0.750. The molecule has 0 aliphatic heterocycles. The van der Waals surface area contributed by atoms with Gasteiger partial charge >= 0.3 is 0 Å². The van der Waals surface area contributed by atoms with Gasteiger partial charge in [-0.25, -0.2) is 0 Å². The van der Waals surface area contributed by atoms with Crippen molar-refractivity contribution in [1.29, 1.82) is 0 Å². The normalized spacial score (nSPS) is 16.7. The summed E-state index contributed by atoms with van der Waals surface area (Å²) in [6, 6.07) is 3.69. The fourth-order valence-electron chi connectivity index (χ4n) is 2.13. The molecule has 0 unspecified atom stereocenters. The highest BCUT2D eigenvalue weighted by Crippen LogP contribution is 2.31. The topological polar surface area (TPSA) is 72.3 Å². The van der Waals surface area contributed by atoms with E-state index < -0.39 is 0 Å². The number of aliphatic hydroxyl groups excluding tert-OH is 1. The lowest BCUT2D eigenvalue weighted by Crippen LogP contribution is -2.17. The number of fused-ring (bicyclic) bond motifs is 1. The van der Waals surface area contributed by atoms with Crippen LogP contribution in [0.1, 0.15) is 29.2 Å². The van der Waals surface area contributed by atoms with Gasteiger partial charge in [-0.05, 0) is 36.0 Å². The van der Waals surface area contributed by atoms with Gasteiger partial charge in [-0.15, -0.1) is 0 Å². The first-order valence-electron chi connectivity index (χ1n) is 5.00. The van der Waals surface area contributed by atoms with Crippen molar-refractivity contribution in [3.8, 4) is 0 Å².